The van der Waals surface area contributed by atoms with Crippen LogP contribution in [0.5, 0.6) is 0 Å². The molecular weight excluding hydrogens is 262 g/mol. The van der Waals surface area contributed by atoms with E-state index in [0.717, 1.165) is 25.9 Å². The van der Waals surface area contributed by atoms with Crippen molar-refractivity contribution in [1.29, 1.82) is 0 Å². The predicted octanol–water partition coefficient (Wildman–Crippen LogP) is 2.11. The monoisotopic (exact) mass is 281 g/mol. The highest BCUT2D eigenvalue weighted by molar-refractivity contribution is 5.82. The number of fused-ring (bicyclic) bond motifs is 3. The Morgan fingerprint density at radius 2 is 2.00 bits per heavy atom. The van der Waals surface area contributed by atoms with Gasteiger partial charge in [0.25, 0.3) is 0 Å². The van der Waals surface area contributed by atoms with Gasteiger partial charge in [0, 0.05) is 19.3 Å². The maximum absolute atomic E-state index is 12.8. The zero-order valence-electron chi connectivity index (χ0n) is 11.9. The van der Waals surface area contributed by atoms with E-state index in [1.807, 2.05) is 23.2 Å². The highest BCUT2D eigenvalue weighted by Crippen LogP contribution is 2.34. The lowest BCUT2D eigenvalue weighted by molar-refractivity contribution is -0.138. The van der Waals surface area contributed by atoms with Crippen LogP contribution in [-0.2, 0) is 11.2 Å². The summed E-state index contributed by atoms with van der Waals surface area (Å²) in [6, 6.07) is 14.5. The Balaban J connectivity index is 1.60. The Bertz CT molecular complexity index is 649. The topological polar surface area (TPSA) is 37.3 Å². The maximum Gasteiger partial charge on any atom is 0.247 e. The second-order valence-electron chi connectivity index (χ2n) is 5.77. The maximum atomic E-state index is 12.8. The highest BCUT2D eigenvalue weighted by Gasteiger charge is 2.40. The van der Waals surface area contributed by atoms with E-state index in [1.165, 1.54) is 11.3 Å². The Kier molecular flexibility index (Phi) is 3.04. The van der Waals surface area contributed by atoms with Crippen molar-refractivity contribution in [2.45, 2.75) is 25.0 Å². The summed E-state index contributed by atoms with van der Waals surface area (Å²) in [6.45, 7) is 1.70. The van der Waals surface area contributed by atoms with Gasteiger partial charge in [-0.25, -0.2) is 0 Å². The van der Waals surface area contributed by atoms with Crippen LogP contribution in [0.25, 0.3) is 0 Å². The van der Waals surface area contributed by atoms with Crippen LogP contribution in [-0.4, -0.2) is 28.5 Å². The van der Waals surface area contributed by atoms with Crippen LogP contribution in [0.3, 0.4) is 0 Å². The lowest BCUT2D eigenvalue weighted by Crippen LogP contribution is -2.44. The molecule has 1 aromatic heterocycles. The molecule has 1 amide bonds. The smallest absolute Gasteiger partial charge is 0.247 e. The molecule has 4 rings (SSSR count). The van der Waals surface area contributed by atoms with Crippen molar-refractivity contribution in [3.63, 3.8) is 0 Å². The Hall–Kier alpha value is -2.07. The third-order valence-corrected chi connectivity index (χ3v) is 4.55. The molecule has 2 aliphatic rings. The summed E-state index contributed by atoms with van der Waals surface area (Å²) in [5.41, 5.74) is 2.51. The minimum Gasteiger partial charge on any atom is -0.336 e. The van der Waals surface area contributed by atoms with Crippen molar-refractivity contribution >= 4 is 5.91 Å². The molecule has 108 valence electrons. The zero-order chi connectivity index (χ0) is 14.2. The predicted molar refractivity (Wildman–Crippen MR) is 80.7 cm³/mol. The van der Waals surface area contributed by atoms with Crippen molar-refractivity contribution in [2.75, 3.05) is 13.1 Å². The van der Waals surface area contributed by atoms with Crippen LogP contribution in [0, 0.1) is 0 Å². The number of carbonyl (C=O) groups is 1. The number of carbonyl (C=O) groups excluding carboxylic acids is 1. The van der Waals surface area contributed by atoms with E-state index in [4.69, 9.17) is 0 Å². The third-order valence-electron chi connectivity index (χ3n) is 4.55. The molecule has 21 heavy (non-hydrogen) atoms. The zero-order valence-corrected chi connectivity index (χ0v) is 11.9. The molecule has 0 spiro atoms. The first-order valence-electron chi connectivity index (χ1n) is 7.59. The van der Waals surface area contributed by atoms with E-state index in [0.29, 0.717) is 0 Å². The first-order valence-corrected chi connectivity index (χ1v) is 7.59. The summed E-state index contributed by atoms with van der Waals surface area (Å²) in [6.07, 6.45) is 3.90. The molecule has 0 aliphatic carbocycles. The van der Waals surface area contributed by atoms with E-state index in [-0.39, 0.29) is 18.1 Å². The molecule has 2 atom stereocenters. The standard InChI is InChI=1S/C17H19N3O/c21-17-15(9-8-13-5-2-1-3-6-13)19-11-4-7-14(19)16-18-10-12-20(16)17/h1-7,11,15-16,18H,8-10,12H2/t15-,16?/m0/s1. The van der Waals surface area contributed by atoms with Gasteiger partial charge in [-0.3, -0.25) is 10.1 Å². The second kappa shape index (κ2) is 5.04. The quantitative estimate of drug-likeness (QED) is 0.935. The molecule has 1 N–H and O–H groups in total. The lowest BCUT2D eigenvalue weighted by Gasteiger charge is -2.36. The van der Waals surface area contributed by atoms with Gasteiger partial charge >= 0.3 is 0 Å². The molecule has 1 unspecified atom stereocenters. The van der Waals surface area contributed by atoms with Crippen molar-refractivity contribution < 1.29 is 4.79 Å². The van der Waals surface area contributed by atoms with E-state index < -0.39 is 0 Å². The average molecular weight is 281 g/mol. The van der Waals surface area contributed by atoms with E-state index in [1.54, 1.807) is 0 Å². The minimum absolute atomic E-state index is 0.0636. The first kappa shape index (κ1) is 12.7. The van der Waals surface area contributed by atoms with Gasteiger partial charge in [0.1, 0.15) is 12.2 Å². The number of aromatic nitrogens is 1. The fraction of sp³-hybridized carbons (Fsp3) is 0.353. The van der Waals surface area contributed by atoms with Gasteiger partial charge in [-0.1, -0.05) is 30.3 Å². The summed E-state index contributed by atoms with van der Waals surface area (Å²) in [5.74, 6) is 0.254. The first-order chi connectivity index (χ1) is 10.3. The molecule has 1 saturated heterocycles. The van der Waals surface area contributed by atoms with E-state index in [2.05, 4.69) is 40.2 Å². The van der Waals surface area contributed by atoms with Gasteiger partial charge in [-0.15, -0.1) is 0 Å². The number of hydrogen-bond donors (Lipinski definition) is 1. The lowest BCUT2D eigenvalue weighted by atomic mass is 10.0. The van der Waals surface area contributed by atoms with Crippen LogP contribution < -0.4 is 5.32 Å². The number of nitrogens with zero attached hydrogens (tertiary/aromatic N) is 2. The summed E-state index contributed by atoms with van der Waals surface area (Å²) >= 11 is 0. The molecule has 2 aromatic rings. The van der Waals surface area contributed by atoms with E-state index in [9.17, 15) is 4.79 Å². The molecule has 1 aromatic carbocycles. The van der Waals surface area contributed by atoms with Gasteiger partial charge in [0.2, 0.25) is 5.91 Å². The van der Waals surface area contributed by atoms with Crippen LogP contribution in [0.2, 0.25) is 0 Å². The SMILES string of the molecule is O=C1[C@H](CCc2ccccc2)n2cccc2C2NCCN12. The number of amides is 1. The fourth-order valence-corrected chi connectivity index (χ4v) is 3.51. The van der Waals surface area contributed by atoms with E-state index >= 15 is 0 Å². The minimum atomic E-state index is -0.0636. The molecule has 0 radical (unpaired) electrons. The fourth-order valence-electron chi connectivity index (χ4n) is 3.51. The van der Waals surface area contributed by atoms with Crippen LogP contribution in [0.1, 0.15) is 29.9 Å². The van der Waals surface area contributed by atoms with Crippen molar-refractivity contribution in [3.8, 4) is 0 Å². The molecule has 1 fully saturated rings. The van der Waals surface area contributed by atoms with Crippen LogP contribution in [0.4, 0.5) is 0 Å². The van der Waals surface area contributed by atoms with Gasteiger partial charge in [0.15, 0.2) is 0 Å². The summed E-state index contributed by atoms with van der Waals surface area (Å²) in [5, 5.41) is 3.41. The summed E-state index contributed by atoms with van der Waals surface area (Å²) in [4.78, 5) is 14.7. The van der Waals surface area contributed by atoms with Crippen LogP contribution >= 0.6 is 0 Å². The number of benzene rings is 1. The molecular formula is C17H19N3O. The van der Waals surface area contributed by atoms with Gasteiger partial charge in [-0.05, 0) is 30.5 Å². The number of hydrogen-bond acceptors (Lipinski definition) is 2. The molecule has 4 heteroatoms. The Labute approximate surface area is 124 Å². The average Bonchev–Trinajstić information content (AvgIpc) is 3.16. The molecule has 0 bridgehead atoms. The van der Waals surface area contributed by atoms with Gasteiger partial charge in [0.05, 0.1) is 5.69 Å². The number of aryl methyl sites for hydroxylation is 1. The van der Waals surface area contributed by atoms with Crippen LogP contribution in [0.15, 0.2) is 48.7 Å². The highest BCUT2D eigenvalue weighted by atomic mass is 16.2. The van der Waals surface area contributed by atoms with Crippen molar-refractivity contribution in [2.24, 2.45) is 0 Å². The Morgan fingerprint density at radius 3 is 2.86 bits per heavy atom. The molecule has 2 aliphatic heterocycles. The molecule has 3 heterocycles. The van der Waals surface area contributed by atoms with Gasteiger partial charge in [-0.2, -0.15) is 0 Å². The largest absolute Gasteiger partial charge is 0.336 e. The molecule has 4 nitrogen and oxygen atoms in total. The Morgan fingerprint density at radius 1 is 1.14 bits per heavy atom. The molecule has 0 saturated carbocycles. The summed E-state index contributed by atoms with van der Waals surface area (Å²) < 4.78 is 2.16. The van der Waals surface area contributed by atoms with Crippen molar-refractivity contribution in [1.82, 2.24) is 14.8 Å². The number of nitrogens with one attached hydrogen (secondary N) is 1. The number of rotatable bonds is 3. The van der Waals surface area contributed by atoms with Crippen molar-refractivity contribution in [3.05, 3.63) is 59.9 Å². The third kappa shape index (κ3) is 2.07. The van der Waals surface area contributed by atoms with Gasteiger partial charge < -0.3 is 9.47 Å². The summed E-state index contributed by atoms with van der Waals surface area (Å²) in [7, 11) is 0. The normalized spacial score (nSPS) is 24.0. The second-order valence-corrected chi connectivity index (χ2v) is 5.77.